The van der Waals surface area contributed by atoms with Gasteiger partial charge in [-0.1, -0.05) is 20.8 Å². The van der Waals surface area contributed by atoms with Gasteiger partial charge < -0.3 is 4.74 Å². The quantitative estimate of drug-likeness (QED) is 0.638. The van der Waals surface area contributed by atoms with Gasteiger partial charge in [0.2, 0.25) is 0 Å². The van der Waals surface area contributed by atoms with E-state index in [1.54, 1.807) is 19.6 Å². The van der Waals surface area contributed by atoms with Gasteiger partial charge in [-0.3, -0.25) is 0 Å². The van der Waals surface area contributed by atoms with Gasteiger partial charge in [-0.15, -0.1) is 0 Å². The van der Waals surface area contributed by atoms with Gasteiger partial charge in [-0.2, -0.15) is 0 Å². The topological polar surface area (TPSA) is 35.0 Å². The third-order valence-electron chi connectivity index (χ3n) is 1.61. The summed E-state index contributed by atoms with van der Waals surface area (Å²) in [5, 5.41) is 0. The third-order valence-corrected chi connectivity index (χ3v) is 1.61. The summed E-state index contributed by atoms with van der Waals surface area (Å²) in [6.07, 6.45) is 3.23. The molecule has 0 N–H and O–H groups in total. The van der Waals surface area contributed by atoms with E-state index < -0.39 is 0 Å². The first kappa shape index (κ1) is 8.97. The molecule has 1 aromatic rings. The van der Waals surface area contributed by atoms with Gasteiger partial charge in [-0.05, 0) is 0 Å². The average molecular weight is 166 g/mol. The molecule has 0 atom stereocenters. The zero-order valence-corrected chi connectivity index (χ0v) is 7.96. The highest BCUT2D eigenvalue weighted by molar-refractivity contribution is 5.29. The molecule has 1 heterocycles. The summed E-state index contributed by atoms with van der Waals surface area (Å²) in [5.41, 5.74) is 0.953. The monoisotopic (exact) mass is 166 g/mol. The Bertz CT molecular complexity index is 265. The van der Waals surface area contributed by atoms with Gasteiger partial charge in [0, 0.05) is 5.41 Å². The SMILES string of the molecule is COc1cncnc1C(C)(C)C. The van der Waals surface area contributed by atoms with E-state index in [-0.39, 0.29) is 5.41 Å². The van der Waals surface area contributed by atoms with Crippen molar-refractivity contribution in [3.05, 3.63) is 18.2 Å². The first-order valence-corrected chi connectivity index (χ1v) is 3.90. The molecule has 0 amide bonds. The molecule has 1 rings (SSSR count). The minimum atomic E-state index is 0.00822. The molecule has 0 aliphatic carbocycles. The first-order valence-electron chi connectivity index (χ1n) is 3.90. The van der Waals surface area contributed by atoms with E-state index in [9.17, 15) is 0 Å². The summed E-state index contributed by atoms with van der Waals surface area (Å²) in [6, 6.07) is 0. The van der Waals surface area contributed by atoms with Crippen LogP contribution in [0.15, 0.2) is 12.5 Å². The Hall–Kier alpha value is -1.12. The summed E-state index contributed by atoms with van der Waals surface area (Å²) in [6.45, 7) is 6.29. The summed E-state index contributed by atoms with van der Waals surface area (Å²) < 4.78 is 5.15. The highest BCUT2D eigenvalue weighted by Gasteiger charge is 2.19. The maximum absolute atomic E-state index is 5.15. The van der Waals surface area contributed by atoms with Crippen molar-refractivity contribution < 1.29 is 4.74 Å². The van der Waals surface area contributed by atoms with Crippen molar-refractivity contribution in [2.75, 3.05) is 7.11 Å². The number of hydrogen-bond donors (Lipinski definition) is 0. The Morgan fingerprint density at radius 2 is 2.00 bits per heavy atom. The fraction of sp³-hybridized carbons (Fsp3) is 0.556. The molecule has 1 aromatic heterocycles. The van der Waals surface area contributed by atoms with E-state index in [0.29, 0.717) is 0 Å². The van der Waals surface area contributed by atoms with Gasteiger partial charge in [0.1, 0.15) is 6.33 Å². The van der Waals surface area contributed by atoms with Gasteiger partial charge >= 0.3 is 0 Å². The molecule has 0 aliphatic heterocycles. The van der Waals surface area contributed by atoms with Crippen LogP contribution in [0.5, 0.6) is 5.75 Å². The second kappa shape index (κ2) is 3.09. The Kier molecular flexibility index (Phi) is 2.31. The van der Waals surface area contributed by atoms with Crippen LogP contribution in [0.4, 0.5) is 0 Å². The van der Waals surface area contributed by atoms with Crippen LogP contribution in [-0.2, 0) is 5.41 Å². The normalized spacial score (nSPS) is 11.3. The Morgan fingerprint density at radius 1 is 1.33 bits per heavy atom. The van der Waals surface area contributed by atoms with Crippen LogP contribution in [0.25, 0.3) is 0 Å². The lowest BCUT2D eigenvalue weighted by Crippen LogP contribution is -2.15. The Morgan fingerprint density at radius 3 is 2.42 bits per heavy atom. The Labute approximate surface area is 72.8 Å². The molecule has 0 fully saturated rings. The van der Waals surface area contributed by atoms with E-state index in [0.717, 1.165) is 11.4 Å². The van der Waals surface area contributed by atoms with E-state index >= 15 is 0 Å². The van der Waals surface area contributed by atoms with E-state index in [1.165, 1.54) is 0 Å². The molecule has 66 valence electrons. The third kappa shape index (κ3) is 1.72. The molecule has 3 heteroatoms. The number of hydrogen-bond acceptors (Lipinski definition) is 3. The molecule has 0 saturated carbocycles. The number of aromatic nitrogens is 2. The number of methoxy groups -OCH3 is 1. The van der Waals surface area contributed by atoms with Crippen LogP contribution >= 0.6 is 0 Å². The lowest BCUT2D eigenvalue weighted by atomic mass is 9.91. The van der Waals surface area contributed by atoms with Crippen LogP contribution in [0, 0.1) is 0 Å². The standard InChI is InChI=1S/C9H14N2O/c1-9(2,3)8-7(12-4)5-10-6-11-8/h5-6H,1-4H3. The van der Waals surface area contributed by atoms with Gasteiger partial charge in [0.15, 0.2) is 5.75 Å². The predicted molar refractivity (Wildman–Crippen MR) is 47.3 cm³/mol. The largest absolute Gasteiger partial charge is 0.493 e. The molecule has 0 saturated heterocycles. The molecule has 0 spiro atoms. The minimum Gasteiger partial charge on any atom is -0.493 e. The summed E-state index contributed by atoms with van der Waals surface area (Å²) >= 11 is 0. The van der Waals surface area contributed by atoms with Crippen molar-refractivity contribution in [2.45, 2.75) is 26.2 Å². The fourth-order valence-corrected chi connectivity index (χ4v) is 1.03. The lowest BCUT2D eigenvalue weighted by molar-refractivity contribution is 0.389. The summed E-state index contributed by atoms with van der Waals surface area (Å²) in [5.74, 6) is 0.755. The van der Waals surface area contributed by atoms with Crippen molar-refractivity contribution in [3.8, 4) is 5.75 Å². The molecule has 3 nitrogen and oxygen atoms in total. The molecular weight excluding hydrogens is 152 g/mol. The van der Waals surface area contributed by atoms with E-state index in [2.05, 4.69) is 30.7 Å². The molecule has 0 radical (unpaired) electrons. The fourth-order valence-electron chi connectivity index (χ4n) is 1.03. The van der Waals surface area contributed by atoms with Crippen molar-refractivity contribution in [3.63, 3.8) is 0 Å². The number of ether oxygens (including phenoxy) is 1. The van der Waals surface area contributed by atoms with Gasteiger partial charge in [0.05, 0.1) is 19.0 Å². The zero-order valence-electron chi connectivity index (χ0n) is 7.96. The molecule has 0 unspecified atom stereocenters. The van der Waals surface area contributed by atoms with Gasteiger partial charge in [-0.25, -0.2) is 9.97 Å². The molecule has 12 heavy (non-hydrogen) atoms. The lowest BCUT2D eigenvalue weighted by Gasteiger charge is -2.19. The highest BCUT2D eigenvalue weighted by Crippen LogP contribution is 2.27. The predicted octanol–water partition coefficient (Wildman–Crippen LogP) is 1.78. The van der Waals surface area contributed by atoms with Crippen molar-refractivity contribution >= 4 is 0 Å². The molecule has 0 aliphatic rings. The second-order valence-electron chi connectivity index (χ2n) is 3.69. The van der Waals surface area contributed by atoms with Crippen LogP contribution in [0.2, 0.25) is 0 Å². The van der Waals surface area contributed by atoms with Crippen molar-refractivity contribution in [1.82, 2.24) is 9.97 Å². The van der Waals surface area contributed by atoms with E-state index in [4.69, 9.17) is 4.74 Å². The highest BCUT2D eigenvalue weighted by atomic mass is 16.5. The smallest absolute Gasteiger partial charge is 0.159 e. The number of nitrogens with zero attached hydrogens (tertiary/aromatic N) is 2. The van der Waals surface area contributed by atoms with E-state index in [1.807, 2.05) is 0 Å². The Balaban J connectivity index is 3.14. The van der Waals surface area contributed by atoms with Crippen LogP contribution in [-0.4, -0.2) is 17.1 Å². The maximum atomic E-state index is 5.15. The first-order chi connectivity index (χ1) is 5.55. The minimum absolute atomic E-state index is 0.00822. The summed E-state index contributed by atoms with van der Waals surface area (Å²) in [4.78, 5) is 8.08. The van der Waals surface area contributed by atoms with Crippen LogP contribution in [0.3, 0.4) is 0 Å². The van der Waals surface area contributed by atoms with Crippen molar-refractivity contribution in [2.24, 2.45) is 0 Å². The average Bonchev–Trinajstić information content (AvgIpc) is 2.03. The second-order valence-corrected chi connectivity index (χ2v) is 3.69. The number of rotatable bonds is 1. The van der Waals surface area contributed by atoms with Gasteiger partial charge in [0.25, 0.3) is 0 Å². The zero-order chi connectivity index (χ0) is 9.19. The molecule has 0 aromatic carbocycles. The van der Waals surface area contributed by atoms with Crippen molar-refractivity contribution in [1.29, 1.82) is 0 Å². The molecule has 0 bridgehead atoms. The van der Waals surface area contributed by atoms with Crippen LogP contribution < -0.4 is 4.74 Å². The molecular formula is C9H14N2O. The maximum Gasteiger partial charge on any atom is 0.159 e. The van der Waals surface area contributed by atoms with Crippen LogP contribution in [0.1, 0.15) is 26.5 Å². The summed E-state index contributed by atoms with van der Waals surface area (Å²) in [7, 11) is 1.63.